The molecule has 1 aliphatic rings. The molecule has 0 aromatic rings. The lowest BCUT2D eigenvalue weighted by Crippen LogP contribution is -2.59. The lowest BCUT2D eigenvalue weighted by atomic mass is 9.93. The number of aliphatic imine (C=N–C) groups is 1. The maximum absolute atomic E-state index is 12.3. The fourth-order valence-electron chi connectivity index (χ4n) is 2.40. The van der Waals surface area contributed by atoms with Gasteiger partial charge in [0.15, 0.2) is 12.1 Å². The summed E-state index contributed by atoms with van der Waals surface area (Å²) in [6, 6.07) is -2.20. The predicted octanol–water partition coefficient (Wildman–Crippen LogP) is -2.69. The number of ether oxygens (including phenoxy) is 1. The molecular weight excluding hydrogens is 371 g/mol. The van der Waals surface area contributed by atoms with Crippen molar-refractivity contribution in [3.8, 4) is 0 Å². The second kappa shape index (κ2) is 9.31. The topological polar surface area (TPSA) is 210 Å². The molecule has 1 amide bonds. The monoisotopic (exact) mass is 396 g/mol. The van der Waals surface area contributed by atoms with E-state index in [1.807, 2.05) is 0 Å². The van der Waals surface area contributed by atoms with Crippen LogP contribution in [0.3, 0.4) is 0 Å². The minimum absolute atomic E-state index is 0.108. The van der Waals surface area contributed by atoms with Gasteiger partial charge in [-0.15, -0.1) is 0 Å². The molecule has 0 aromatic carbocycles. The summed E-state index contributed by atoms with van der Waals surface area (Å²) in [5.41, 5.74) is 10.2. The fraction of sp³-hybridized carbons (Fsp3) is 0.692. The first-order chi connectivity index (χ1) is 12.0. The molecule has 1 rings (SSSR count). The number of aliphatic hydroxyl groups excluding tert-OH is 3. The van der Waals surface area contributed by atoms with Crippen molar-refractivity contribution < 1.29 is 38.8 Å². The number of carbonyl (C=O) groups is 1. The predicted molar refractivity (Wildman–Crippen MR) is 90.7 cm³/mol. The number of nitrogens with zero attached hydrogens (tertiary/aromatic N) is 1. The summed E-state index contributed by atoms with van der Waals surface area (Å²) < 4.78 is 22.4. The normalized spacial score (nSPS) is 27.3. The number of hydrogen-bond donors (Lipinski definition) is 7. The van der Waals surface area contributed by atoms with Crippen LogP contribution in [-0.2, 0) is 18.6 Å². The van der Waals surface area contributed by atoms with Gasteiger partial charge in [0.05, 0.1) is 25.3 Å². The van der Waals surface area contributed by atoms with E-state index in [1.165, 1.54) is 13.8 Å². The first-order valence-corrected chi connectivity index (χ1v) is 9.30. The van der Waals surface area contributed by atoms with Gasteiger partial charge in [0, 0.05) is 6.92 Å². The molecular formula is C13H25N4O8P. The van der Waals surface area contributed by atoms with E-state index in [2.05, 4.69) is 10.3 Å². The highest BCUT2D eigenvalue weighted by Gasteiger charge is 2.46. The molecule has 0 bridgehead atoms. The third kappa shape index (κ3) is 5.66. The van der Waals surface area contributed by atoms with E-state index in [0.717, 1.165) is 6.08 Å². The quantitative estimate of drug-likeness (QED) is 0.128. The maximum Gasteiger partial charge on any atom is 0.392 e. The number of aliphatic hydroxyl groups is 3. The number of nitrogens with one attached hydrogen (secondary N) is 1. The van der Waals surface area contributed by atoms with Crippen LogP contribution in [-0.4, -0.2) is 75.7 Å². The first kappa shape index (κ1) is 22.4. The number of nitrogens with two attached hydrogens (primary N) is 2. The minimum atomic E-state index is -4.41. The Morgan fingerprint density at radius 2 is 2.12 bits per heavy atom. The summed E-state index contributed by atoms with van der Waals surface area (Å²) in [5, 5.41) is 31.5. The molecule has 0 radical (unpaired) electrons. The molecule has 13 heteroatoms. The van der Waals surface area contributed by atoms with Crippen molar-refractivity contribution in [2.45, 2.75) is 44.2 Å². The van der Waals surface area contributed by atoms with Crippen molar-refractivity contribution in [1.29, 1.82) is 0 Å². The van der Waals surface area contributed by atoms with Gasteiger partial charge in [-0.1, -0.05) is 0 Å². The van der Waals surface area contributed by atoms with Crippen molar-refractivity contribution in [2.24, 2.45) is 16.5 Å². The molecule has 12 nitrogen and oxygen atoms in total. The Kier molecular flexibility index (Phi) is 8.00. The van der Waals surface area contributed by atoms with E-state index < -0.39 is 56.0 Å². The molecule has 0 aromatic heterocycles. The smallest absolute Gasteiger partial charge is 0.392 e. The third-order valence-corrected chi connectivity index (χ3v) is 4.88. The highest BCUT2D eigenvalue weighted by atomic mass is 31.2. The molecule has 1 heterocycles. The Bertz CT molecular complexity index is 609. The Labute approximate surface area is 150 Å². The molecule has 1 aliphatic heterocycles. The Balaban J connectivity index is 3.41. The molecule has 0 spiro atoms. The second-order valence-corrected chi connectivity index (χ2v) is 7.28. The van der Waals surface area contributed by atoms with Crippen molar-refractivity contribution in [1.82, 2.24) is 5.32 Å². The van der Waals surface area contributed by atoms with Gasteiger partial charge in [-0.05, 0) is 13.0 Å². The van der Waals surface area contributed by atoms with Gasteiger partial charge >= 0.3 is 7.60 Å². The zero-order valence-electron chi connectivity index (χ0n) is 14.3. The van der Waals surface area contributed by atoms with Crippen LogP contribution in [0.2, 0.25) is 0 Å². The Hall–Kier alpha value is -1.69. The van der Waals surface area contributed by atoms with Gasteiger partial charge in [0.25, 0.3) is 0 Å². The number of amides is 1. The Morgan fingerprint density at radius 3 is 2.58 bits per heavy atom. The van der Waals surface area contributed by atoms with Crippen molar-refractivity contribution in [3.63, 3.8) is 0 Å². The van der Waals surface area contributed by atoms with E-state index >= 15 is 0 Å². The average Bonchev–Trinajstić information content (AvgIpc) is 2.53. The van der Waals surface area contributed by atoms with Crippen LogP contribution in [0, 0.1) is 0 Å². The van der Waals surface area contributed by atoms with Gasteiger partial charge < -0.3 is 46.3 Å². The van der Waals surface area contributed by atoms with E-state index in [4.69, 9.17) is 25.8 Å². The van der Waals surface area contributed by atoms with Crippen LogP contribution < -0.4 is 16.8 Å². The summed E-state index contributed by atoms with van der Waals surface area (Å²) in [4.78, 5) is 25.4. The van der Waals surface area contributed by atoms with Crippen LogP contribution in [0.15, 0.2) is 16.6 Å². The number of carbonyl (C=O) groups excluding carboxylic acids is 1. The molecule has 2 unspecified atom stereocenters. The van der Waals surface area contributed by atoms with E-state index in [-0.39, 0.29) is 12.6 Å². The van der Waals surface area contributed by atoms with Gasteiger partial charge in [0.1, 0.15) is 12.2 Å². The zero-order valence-corrected chi connectivity index (χ0v) is 15.2. The number of guanidine groups is 1. The molecule has 26 heavy (non-hydrogen) atoms. The zero-order chi connectivity index (χ0) is 20.1. The van der Waals surface area contributed by atoms with Crippen LogP contribution in [0.25, 0.3) is 0 Å². The van der Waals surface area contributed by atoms with Gasteiger partial charge in [-0.2, -0.15) is 0 Å². The molecule has 0 saturated carbocycles. The maximum atomic E-state index is 12.3. The van der Waals surface area contributed by atoms with Crippen LogP contribution in [0.5, 0.6) is 0 Å². The molecule has 6 atom stereocenters. The second-order valence-electron chi connectivity index (χ2n) is 5.54. The molecule has 0 fully saturated rings. The van der Waals surface area contributed by atoms with Crippen molar-refractivity contribution >= 4 is 19.5 Å². The molecule has 150 valence electrons. The summed E-state index contributed by atoms with van der Waals surface area (Å²) in [6.07, 6.45) is -3.75. The SMILES string of the molecule is CCOP(=O)(O)C1=C[C@H](N=C(N)N)[C@@H](NC(C)=O)C([C@H](O)[C@H](O)CO)O1. The highest BCUT2D eigenvalue weighted by molar-refractivity contribution is 7.57. The number of hydrogen-bond acceptors (Lipinski definition) is 8. The van der Waals surface area contributed by atoms with E-state index in [1.54, 1.807) is 0 Å². The van der Waals surface area contributed by atoms with Crippen LogP contribution in [0.4, 0.5) is 0 Å². The molecule has 9 N–H and O–H groups in total. The largest absolute Gasteiger partial charge is 0.478 e. The summed E-state index contributed by atoms with van der Waals surface area (Å²) in [6.45, 7) is 1.75. The molecule has 0 aliphatic carbocycles. The lowest BCUT2D eigenvalue weighted by Gasteiger charge is -2.39. The van der Waals surface area contributed by atoms with E-state index in [0.29, 0.717) is 0 Å². The van der Waals surface area contributed by atoms with Crippen molar-refractivity contribution in [3.05, 3.63) is 11.6 Å². The van der Waals surface area contributed by atoms with Gasteiger partial charge in [-0.25, -0.2) is 4.99 Å². The summed E-state index contributed by atoms with van der Waals surface area (Å²) >= 11 is 0. The van der Waals surface area contributed by atoms with Gasteiger partial charge in [0.2, 0.25) is 11.4 Å². The highest BCUT2D eigenvalue weighted by Crippen LogP contribution is 2.53. The van der Waals surface area contributed by atoms with Crippen molar-refractivity contribution in [2.75, 3.05) is 13.2 Å². The van der Waals surface area contributed by atoms with Crippen LogP contribution in [0.1, 0.15) is 13.8 Å². The fourth-order valence-corrected chi connectivity index (χ4v) is 3.47. The Morgan fingerprint density at radius 1 is 1.50 bits per heavy atom. The number of rotatable bonds is 8. The summed E-state index contributed by atoms with van der Waals surface area (Å²) in [7, 11) is -4.41. The summed E-state index contributed by atoms with van der Waals surface area (Å²) in [5.74, 6) is -0.915. The van der Waals surface area contributed by atoms with Crippen LogP contribution >= 0.6 is 7.60 Å². The minimum Gasteiger partial charge on any atom is -0.478 e. The lowest BCUT2D eigenvalue weighted by molar-refractivity contribution is -0.125. The molecule has 0 saturated heterocycles. The third-order valence-electron chi connectivity index (χ3n) is 3.46. The standard InChI is InChI=1S/C13H25N4O8P/c1-3-24-26(22,23)9-4-7(17-13(14)15)10(16-6(2)19)12(25-9)11(21)8(20)5-18/h4,7-8,10-12,18,20-21H,3,5H2,1-2H3,(H,16,19)(H,22,23)(H4,14,15,17)/t7-,8+,10+,11+,12?/m0/s1. The van der Waals surface area contributed by atoms with E-state index in [9.17, 15) is 24.5 Å². The first-order valence-electron chi connectivity index (χ1n) is 7.72. The van der Waals surface area contributed by atoms with Gasteiger partial charge in [-0.3, -0.25) is 9.36 Å². The average molecular weight is 396 g/mol.